The van der Waals surface area contributed by atoms with E-state index in [-0.39, 0.29) is 24.4 Å². The lowest BCUT2D eigenvalue weighted by Crippen LogP contribution is -2.46. The van der Waals surface area contributed by atoms with E-state index >= 15 is 0 Å². The van der Waals surface area contributed by atoms with Gasteiger partial charge in [-0.3, -0.25) is 14.5 Å². The Hall–Kier alpha value is -3.15. The molecule has 0 aromatic heterocycles. The Labute approximate surface area is 175 Å². The summed E-state index contributed by atoms with van der Waals surface area (Å²) in [5.41, 5.74) is 4.16. The number of amides is 4. The van der Waals surface area contributed by atoms with Crippen molar-refractivity contribution in [2.75, 3.05) is 11.4 Å². The molecule has 1 fully saturated rings. The molecule has 1 N–H and O–H groups in total. The number of nitrogens with one attached hydrogen (secondary N) is 1. The second kappa shape index (κ2) is 6.69. The van der Waals surface area contributed by atoms with Gasteiger partial charge in [-0.2, -0.15) is 0 Å². The summed E-state index contributed by atoms with van der Waals surface area (Å²) in [6, 6.07) is 13.3. The predicted octanol–water partition coefficient (Wildman–Crippen LogP) is 2.92. The van der Waals surface area contributed by atoms with E-state index < -0.39 is 11.6 Å². The zero-order chi connectivity index (χ0) is 21.0. The number of fused-ring (bicyclic) bond motifs is 2. The number of carbonyl (C=O) groups excluding carboxylic acids is 3. The van der Waals surface area contributed by atoms with Crippen LogP contribution in [0.3, 0.4) is 0 Å². The molecule has 1 saturated heterocycles. The highest BCUT2D eigenvalue weighted by atomic mass is 16.2. The first-order valence-corrected chi connectivity index (χ1v) is 10.5. The van der Waals surface area contributed by atoms with E-state index in [0.717, 1.165) is 47.4 Å². The molecular formula is C24H25N3O3. The van der Waals surface area contributed by atoms with Crippen LogP contribution in [-0.4, -0.2) is 35.3 Å². The van der Waals surface area contributed by atoms with E-state index in [9.17, 15) is 14.4 Å². The summed E-state index contributed by atoms with van der Waals surface area (Å²) >= 11 is 0. The molecule has 2 aromatic carbocycles. The van der Waals surface area contributed by atoms with Gasteiger partial charge in [-0.15, -0.1) is 0 Å². The minimum absolute atomic E-state index is 0.00115. The van der Waals surface area contributed by atoms with Gasteiger partial charge >= 0.3 is 6.03 Å². The van der Waals surface area contributed by atoms with Crippen LogP contribution in [0.25, 0.3) is 0 Å². The third-order valence-corrected chi connectivity index (χ3v) is 6.72. The quantitative estimate of drug-likeness (QED) is 0.801. The highest BCUT2D eigenvalue weighted by molar-refractivity contribution is 6.11. The maximum absolute atomic E-state index is 13.3. The average molecular weight is 403 g/mol. The van der Waals surface area contributed by atoms with Gasteiger partial charge in [-0.05, 0) is 67.9 Å². The fourth-order valence-corrected chi connectivity index (χ4v) is 5.08. The van der Waals surface area contributed by atoms with Gasteiger partial charge in [0.2, 0.25) is 5.91 Å². The lowest BCUT2D eigenvalue weighted by Gasteiger charge is -2.26. The van der Waals surface area contributed by atoms with Crippen molar-refractivity contribution in [2.24, 2.45) is 0 Å². The van der Waals surface area contributed by atoms with Crippen LogP contribution in [0.5, 0.6) is 0 Å². The summed E-state index contributed by atoms with van der Waals surface area (Å²) in [7, 11) is 0. The SMILES string of the molecule is C[C@@H]1Cc2ccccc2N1C(=O)CN1C(=O)N[C@](C)(c2ccc3c(c2)CCC3)C1=O. The molecule has 0 unspecified atom stereocenters. The molecule has 0 bridgehead atoms. The first-order chi connectivity index (χ1) is 14.4. The van der Waals surface area contributed by atoms with Crippen molar-refractivity contribution >= 4 is 23.5 Å². The molecule has 2 atom stereocenters. The molecule has 0 radical (unpaired) electrons. The second-order valence-corrected chi connectivity index (χ2v) is 8.73. The standard InChI is InChI=1S/C24H25N3O3/c1-15-12-18-6-3-4-9-20(18)27(15)21(28)14-26-22(29)24(2,25-23(26)30)19-11-10-16-7-5-8-17(16)13-19/h3-4,6,9-11,13,15H,5,7-8,12,14H2,1-2H3,(H,25,30)/t15-,24-/m1/s1. The average Bonchev–Trinajstić information content (AvgIpc) is 3.38. The summed E-state index contributed by atoms with van der Waals surface area (Å²) in [5, 5.41) is 2.83. The van der Waals surface area contributed by atoms with Gasteiger partial charge < -0.3 is 10.2 Å². The Morgan fingerprint density at radius 3 is 2.70 bits per heavy atom. The van der Waals surface area contributed by atoms with Crippen LogP contribution in [0.4, 0.5) is 10.5 Å². The third-order valence-electron chi connectivity index (χ3n) is 6.72. The summed E-state index contributed by atoms with van der Waals surface area (Å²) in [6.45, 7) is 3.45. The number of aryl methyl sites for hydroxylation is 2. The molecule has 2 aliphatic heterocycles. The molecule has 2 heterocycles. The van der Waals surface area contributed by atoms with Gasteiger partial charge in [0.15, 0.2) is 0 Å². The molecule has 1 aliphatic carbocycles. The Balaban J connectivity index is 1.39. The smallest absolute Gasteiger partial charge is 0.319 e. The lowest BCUT2D eigenvalue weighted by molar-refractivity contribution is -0.134. The van der Waals surface area contributed by atoms with E-state index in [1.54, 1.807) is 11.8 Å². The summed E-state index contributed by atoms with van der Waals surface area (Å²) < 4.78 is 0. The number of carbonyl (C=O) groups is 3. The van der Waals surface area contributed by atoms with Gasteiger partial charge in [0.1, 0.15) is 12.1 Å². The number of para-hydroxylation sites is 1. The number of hydrogen-bond acceptors (Lipinski definition) is 3. The van der Waals surface area contributed by atoms with Crippen LogP contribution >= 0.6 is 0 Å². The van der Waals surface area contributed by atoms with Crippen molar-refractivity contribution in [3.63, 3.8) is 0 Å². The number of imide groups is 1. The van der Waals surface area contributed by atoms with Crippen molar-refractivity contribution in [1.82, 2.24) is 10.2 Å². The fraction of sp³-hybridized carbons (Fsp3) is 0.375. The Morgan fingerprint density at radius 2 is 1.87 bits per heavy atom. The van der Waals surface area contributed by atoms with Gasteiger partial charge in [-0.25, -0.2) is 4.79 Å². The van der Waals surface area contributed by atoms with Crippen molar-refractivity contribution in [2.45, 2.75) is 51.1 Å². The molecule has 2 aromatic rings. The first-order valence-electron chi connectivity index (χ1n) is 10.5. The maximum Gasteiger partial charge on any atom is 0.325 e. The van der Waals surface area contributed by atoms with Crippen molar-refractivity contribution in [1.29, 1.82) is 0 Å². The molecule has 0 spiro atoms. The van der Waals surface area contributed by atoms with Crippen LogP contribution < -0.4 is 10.2 Å². The highest BCUT2D eigenvalue weighted by Gasteiger charge is 2.50. The monoisotopic (exact) mass is 403 g/mol. The van der Waals surface area contributed by atoms with E-state index in [2.05, 4.69) is 11.4 Å². The van der Waals surface area contributed by atoms with Crippen molar-refractivity contribution in [3.8, 4) is 0 Å². The molecule has 3 aliphatic rings. The molecule has 30 heavy (non-hydrogen) atoms. The van der Waals surface area contributed by atoms with Gasteiger partial charge in [0.05, 0.1) is 0 Å². The summed E-state index contributed by atoms with van der Waals surface area (Å²) in [4.78, 5) is 41.9. The van der Waals surface area contributed by atoms with Crippen molar-refractivity contribution < 1.29 is 14.4 Å². The Kier molecular flexibility index (Phi) is 4.20. The topological polar surface area (TPSA) is 69.7 Å². The van der Waals surface area contributed by atoms with Crippen LogP contribution in [0.2, 0.25) is 0 Å². The minimum atomic E-state index is -1.15. The predicted molar refractivity (Wildman–Crippen MR) is 113 cm³/mol. The molecule has 154 valence electrons. The molecular weight excluding hydrogens is 378 g/mol. The third kappa shape index (κ3) is 2.74. The van der Waals surface area contributed by atoms with Crippen LogP contribution in [-0.2, 0) is 34.4 Å². The van der Waals surface area contributed by atoms with Gasteiger partial charge in [0.25, 0.3) is 5.91 Å². The fourth-order valence-electron chi connectivity index (χ4n) is 5.08. The van der Waals surface area contributed by atoms with E-state index in [1.807, 2.05) is 43.3 Å². The molecule has 4 amide bonds. The van der Waals surface area contributed by atoms with Crippen LogP contribution in [0.1, 0.15) is 42.5 Å². The van der Waals surface area contributed by atoms with Crippen LogP contribution in [0.15, 0.2) is 42.5 Å². The Morgan fingerprint density at radius 1 is 1.10 bits per heavy atom. The zero-order valence-corrected chi connectivity index (χ0v) is 17.3. The molecule has 6 heteroatoms. The number of urea groups is 1. The van der Waals surface area contributed by atoms with Gasteiger partial charge in [-0.1, -0.05) is 36.4 Å². The number of nitrogens with zero attached hydrogens (tertiary/aromatic N) is 2. The summed E-state index contributed by atoms with van der Waals surface area (Å²) in [5.74, 6) is -0.618. The van der Waals surface area contributed by atoms with Crippen molar-refractivity contribution in [3.05, 3.63) is 64.7 Å². The van der Waals surface area contributed by atoms with E-state index in [1.165, 1.54) is 11.1 Å². The lowest BCUT2D eigenvalue weighted by atomic mass is 9.89. The molecule has 5 rings (SSSR count). The van der Waals surface area contributed by atoms with Gasteiger partial charge in [0, 0.05) is 11.7 Å². The number of hydrogen-bond donors (Lipinski definition) is 1. The molecule has 6 nitrogen and oxygen atoms in total. The normalized spacial score (nSPS) is 24.8. The minimum Gasteiger partial charge on any atom is -0.319 e. The largest absolute Gasteiger partial charge is 0.325 e. The number of rotatable bonds is 3. The van der Waals surface area contributed by atoms with E-state index in [0.29, 0.717) is 0 Å². The maximum atomic E-state index is 13.3. The van der Waals surface area contributed by atoms with Crippen LogP contribution in [0, 0.1) is 0 Å². The Bertz CT molecular complexity index is 1080. The second-order valence-electron chi connectivity index (χ2n) is 8.73. The number of anilines is 1. The number of benzene rings is 2. The summed E-state index contributed by atoms with van der Waals surface area (Å²) in [6.07, 6.45) is 3.94. The zero-order valence-electron chi connectivity index (χ0n) is 17.3. The first kappa shape index (κ1) is 18.9. The highest BCUT2D eigenvalue weighted by Crippen LogP contribution is 2.34. The molecule has 0 saturated carbocycles. The van der Waals surface area contributed by atoms with E-state index in [4.69, 9.17) is 0 Å².